The smallest absolute Gasteiger partial charge is 0.0733 e. The Morgan fingerprint density at radius 3 is 3.00 bits per heavy atom. The summed E-state index contributed by atoms with van der Waals surface area (Å²) in [5.74, 6) is 0.657. The van der Waals surface area contributed by atoms with Crippen LogP contribution in [0, 0.1) is 5.92 Å². The minimum Gasteiger partial charge on any atom is -0.389 e. The molecule has 0 amide bonds. The van der Waals surface area contributed by atoms with Crippen molar-refractivity contribution in [3.8, 4) is 0 Å². The predicted octanol–water partition coefficient (Wildman–Crippen LogP) is 1.64. The minimum absolute atomic E-state index is 0.206. The Balaban J connectivity index is 2.16. The summed E-state index contributed by atoms with van der Waals surface area (Å²) in [5, 5.41) is 9.23. The van der Waals surface area contributed by atoms with E-state index < -0.39 is 0 Å². The second-order valence-corrected chi connectivity index (χ2v) is 3.12. The number of rotatable bonds is 1. The number of fused-ring (bicyclic) bond motifs is 1. The van der Waals surface area contributed by atoms with Crippen LogP contribution in [0.5, 0.6) is 0 Å². The maximum atomic E-state index is 9.23. The highest BCUT2D eigenvalue weighted by Crippen LogP contribution is 2.47. The first-order valence-corrected chi connectivity index (χ1v) is 3.89. The number of hydrogen-bond donors (Lipinski definition) is 1. The third kappa shape index (κ3) is 0.739. The third-order valence-corrected chi connectivity index (χ3v) is 2.37. The van der Waals surface area contributed by atoms with Crippen LogP contribution in [-0.2, 0) is 0 Å². The first-order chi connectivity index (χ1) is 4.80. The van der Waals surface area contributed by atoms with Crippen molar-refractivity contribution >= 4 is 0 Å². The molecule has 0 spiro atoms. The number of allylic oxidation sites excluding steroid dienone is 3. The van der Waals surface area contributed by atoms with Crippen molar-refractivity contribution in [1.82, 2.24) is 0 Å². The van der Waals surface area contributed by atoms with E-state index in [4.69, 9.17) is 0 Å². The summed E-state index contributed by atoms with van der Waals surface area (Å²) in [5.41, 5.74) is 2.69. The molecule has 2 atom stereocenters. The van der Waals surface area contributed by atoms with E-state index in [1.54, 1.807) is 0 Å². The van der Waals surface area contributed by atoms with Crippen LogP contribution in [0.3, 0.4) is 0 Å². The quantitative estimate of drug-likeness (QED) is 0.581. The fourth-order valence-corrected chi connectivity index (χ4v) is 1.84. The fraction of sp³-hybridized carbons (Fsp3) is 0.556. The van der Waals surface area contributed by atoms with Crippen molar-refractivity contribution < 1.29 is 5.11 Å². The normalized spacial score (nSPS) is 32.0. The summed E-state index contributed by atoms with van der Waals surface area (Å²) in [7, 11) is 0. The molecular formula is C9H12O. The Morgan fingerprint density at radius 2 is 2.50 bits per heavy atom. The molecule has 1 N–H and O–H groups in total. The summed E-state index contributed by atoms with van der Waals surface area (Å²) in [4.78, 5) is 0. The SMILES string of the molecule is C[C@H](O)C1=C2C=CCC[C@H]21. The van der Waals surface area contributed by atoms with Gasteiger partial charge >= 0.3 is 0 Å². The minimum atomic E-state index is -0.206. The molecular weight excluding hydrogens is 124 g/mol. The van der Waals surface area contributed by atoms with Gasteiger partial charge in [0.2, 0.25) is 0 Å². The largest absolute Gasteiger partial charge is 0.389 e. The molecule has 0 saturated carbocycles. The Kier molecular flexibility index (Phi) is 1.21. The van der Waals surface area contributed by atoms with E-state index in [2.05, 4.69) is 12.2 Å². The standard InChI is InChI=1S/C9H12O/c1-6(10)9-7-4-2-3-5-8(7)9/h2,4,6,8,10H,3,5H2,1H3/t6-,8+/m0/s1. The first kappa shape index (κ1) is 6.17. The summed E-state index contributed by atoms with van der Waals surface area (Å²) in [6.45, 7) is 1.86. The van der Waals surface area contributed by atoms with Gasteiger partial charge in [0.05, 0.1) is 6.10 Å². The topological polar surface area (TPSA) is 20.2 Å². The van der Waals surface area contributed by atoms with Gasteiger partial charge in [-0.2, -0.15) is 0 Å². The Labute approximate surface area is 61.1 Å². The van der Waals surface area contributed by atoms with Crippen molar-refractivity contribution in [3.63, 3.8) is 0 Å². The van der Waals surface area contributed by atoms with E-state index in [0.29, 0.717) is 5.92 Å². The third-order valence-electron chi connectivity index (χ3n) is 2.37. The lowest BCUT2D eigenvalue weighted by Crippen LogP contribution is -1.99. The van der Waals surface area contributed by atoms with Crippen LogP contribution < -0.4 is 0 Å². The predicted molar refractivity (Wildman–Crippen MR) is 40.6 cm³/mol. The maximum Gasteiger partial charge on any atom is 0.0733 e. The van der Waals surface area contributed by atoms with Crippen molar-refractivity contribution in [2.24, 2.45) is 5.92 Å². The lowest BCUT2D eigenvalue weighted by atomic mass is 10.0. The van der Waals surface area contributed by atoms with Gasteiger partial charge in [-0.25, -0.2) is 0 Å². The average Bonchev–Trinajstić information content (AvgIpc) is 2.60. The van der Waals surface area contributed by atoms with Crippen molar-refractivity contribution in [3.05, 3.63) is 23.3 Å². The van der Waals surface area contributed by atoms with E-state index >= 15 is 0 Å². The zero-order chi connectivity index (χ0) is 7.14. The molecule has 0 aliphatic heterocycles. The van der Waals surface area contributed by atoms with Gasteiger partial charge in [-0.3, -0.25) is 0 Å². The highest BCUT2D eigenvalue weighted by atomic mass is 16.3. The van der Waals surface area contributed by atoms with Crippen LogP contribution in [-0.4, -0.2) is 11.2 Å². The van der Waals surface area contributed by atoms with Crippen LogP contribution in [0.4, 0.5) is 0 Å². The van der Waals surface area contributed by atoms with Crippen molar-refractivity contribution in [2.45, 2.75) is 25.9 Å². The molecule has 2 aliphatic carbocycles. The lowest BCUT2D eigenvalue weighted by molar-refractivity contribution is 0.231. The van der Waals surface area contributed by atoms with Gasteiger partial charge in [0.25, 0.3) is 0 Å². The van der Waals surface area contributed by atoms with Gasteiger partial charge in [0.1, 0.15) is 0 Å². The zero-order valence-corrected chi connectivity index (χ0v) is 6.17. The Hall–Kier alpha value is -0.560. The van der Waals surface area contributed by atoms with Gasteiger partial charge in [0.15, 0.2) is 0 Å². The number of aliphatic hydroxyl groups is 1. The first-order valence-electron chi connectivity index (χ1n) is 3.89. The van der Waals surface area contributed by atoms with Gasteiger partial charge in [0, 0.05) is 5.92 Å². The molecule has 0 saturated heterocycles. The van der Waals surface area contributed by atoms with Gasteiger partial charge in [-0.15, -0.1) is 0 Å². The highest BCUT2D eigenvalue weighted by Gasteiger charge is 2.37. The average molecular weight is 136 g/mol. The molecule has 0 aromatic carbocycles. The molecule has 2 aliphatic rings. The van der Waals surface area contributed by atoms with E-state index in [9.17, 15) is 5.11 Å². The summed E-state index contributed by atoms with van der Waals surface area (Å²) in [6, 6.07) is 0. The van der Waals surface area contributed by atoms with E-state index in [-0.39, 0.29) is 6.10 Å². The Bertz CT molecular complexity index is 211. The molecule has 54 valence electrons. The van der Waals surface area contributed by atoms with E-state index in [1.807, 2.05) is 6.92 Å². The Morgan fingerprint density at radius 1 is 1.70 bits per heavy atom. The van der Waals surface area contributed by atoms with Gasteiger partial charge < -0.3 is 5.11 Å². The summed E-state index contributed by atoms with van der Waals surface area (Å²) < 4.78 is 0. The number of aliphatic hydroxyl groups excluding tert-OH is 1. The molecule has 0 radical (unpaired) electrons. The summed E-state index contributed by atoms with van der Waals surface area (Å²) in [6.07, 6.45) is 6.57. The molecule has 0 fully saturated rings. The fourth-order valence-electron chi connectivity index (χ4n) is 1.84. The lowest BCUT2D eigenvalue weighted by Gasteiger charge is -2.02. The summed E-state index contributed by atoms with van der Waals surface area (Å²) >= 11 is 0. The molecule has 0 aromatic rings. The molecule has 0 bridgehead atoms. The van der Waals surface area contributed by atoms with Crippen LogP contribution >= 0.6 is 0 Å². The monoisotopic (exact) mass is 136 g/mol. The molecule has 0 heterocycles. The maximum absolute atomic E-state index is 9.23. The molecule has 1 nitrogen and oxygen atoms in total. The zero-order valence-electron chi connectivity index (χ0n) is 6.17. The van der Waals surface area contributed by atoms with Crippen LogP contribution in [0.15, 0.2) is 23.3 Å². The van der Waals surface area contributed by atoms with Crippen LogP contribution in [0.2, 0.25) is 0 Å². The molecule has 0 unspecified atom stereocenters. The van der Waals surface area contributed by atoms with Gasteiger partial charge in [-0.05, 0) is 30.9 Å². The second kappa shape index (κ2) is 1.96. The van der Waals surface area contributed by atoms with Crippen LogP contribution in [0.25, 0.3) is 0 Å². The molecule has 10 heavy (non-hydrogen) atoms. The molecule has 1 heteroatoms. The number of hydrogen-bond acceptors (Lipinski definition) is 1. The van der Waals surface area contributed by atoms with Crippen molar-refractivity contribution in [2.75, 3.05) is 0 Å². The molecule has 2 rings (SSSR count). The van der Waals surface area contributed by atoms with E-state index in [1.165, 1.54) is 24.0 Å². The highest BCUT2D eigenvalue weighted by molar-refractivity contribution is 5.51. The molecule has 0 aromatic heterocycles. The van der Waals surface area contributed by atoms with Gasteiger partial charge in [-0.1, -0.05) is 12.2 Å². The second-order valence-electron chi connectivity index (χ2n) is 3.12. The van der Waals surface area contributed by atoms with E-state index in [0.717, 1.165) is 0 Å². The van der Waals surface area contributed by atoms with Crippen LogP contribution in [0.1, 0.15) is 19.8 Å². The van der Waals surface area contributed by atoms with Crippen molar-refractivity contribution in [1.29, 1.82) is 0 Å².